The van der Waals surface area contributed by atoms with Crippen LogP contribution in [-0.2, 0) is 0 Å². The maximum Gasteiger partial charge on any atom is 0.154 e. The maximum atomic E-state index is 12.0. The van der Waals surface area contributed by atoms with Crippen LogP contribution >= 0.6 is 0 Å². The second kappa shape index (κ2) is 7.32. The first-order chi connectivity index (χ1) is 12.8. The highest BCUT2D eigenvalue weighted by atomic mass is 16.3. The summed E-state index contributed by atoms with van der Waals surface area (Å²) in [7, 11) is 0. The van der Waals surface area contributed by atoms with Gasteiger partial charge < -0.3 is 10.0 Å². The summed E-state index contributed by atoms with van der Waals surface area (Å²) in [4.78, 5) is 16.6. The lowest BCUT2D eigenvalue weighted by Crippen LogP contribution is -2.48. The van der Waals surface area contributed by atoms with E-state index in [1.54, 1.807) is 0 Å². The molecule has 1 saturated heterocycles. The third-order valence-electron chi connectivity index (χ3n) is 5.11. The Morgan fingerprint density at radius 3 is 2.31 bits per heavy atom. The van der Waals surface area contributed by atoms with E-state index in [-0.39, 0.29) is 6.61 Å². The number of benzene rings is 2. The van der Waals surface area contributed by atoms with Crippen molar-refractivity contribution in [3.05, 3.63) is 60.2 Å². The number of aliphatic hydroxyl groups is 1. The van der Waals surface area contributed by atoms with Crippen LogP contribution in [0.15, 0.2) is 54.6 Å². The van der Waals surface area contributed by atoms with E-state index in [1.807, 2.05) is 36.4 Å². The minimum absolute atomic E-state index is 0.184. The highest BCUT2D eigenvalue weighted by Gasteiger charge is 2.25. The normalized spacial score (nSPS) is 15.5. The molecule has 1 N–H and O–H groups in total. The van der Waals surface area contributed by atoms with Gasteiger partial charge in [-0.2, -0.15) is 0 Å². The standard InChI is InChI=1S/C21H23N3O2/c25-15-14-22-10-12-23(13-11-22)21-19(16-26)18-8-4-5-9-20(18)24(21)17-6-2-1-3-7-17/h1-9,16,25H,10-15H2. The molecule has 5 nitrogen and oxygen atoms in total. The van der Waals surface area contributed by atoms with Gasteiger partial charge in [0, 0.05) is 43.8 Å². The highest BCUT2D eigenvalue weighted by Crippen LogP contribution is 2.35. The summed E-state index contributed by atoms with van der Waals surface area (Å²) in [6.07, 6.45) is 0.983. The quantitative estimate of drug-likeness (QED) is 0.719. The lowest BCUT2D eigenvalue weighted by molar-refractivity contribution is 0.112. The molecule has 3 aromatic rings. The topological polar surface area (TPSA) is 48.7 Å². The van der Waals surface area contributed by atoms with Crippen LogP contribution in [0, 0.1) is 0 Å². The summed E-state index contributed by atoms with van der Waals surface area (Å²) in [6.45, 7) is 4.33. The first-order valence-corrected chi connectivity index (χ1v) is 9.05. The second-order valence-corrected chi connectivity index (χ2v) is 6.60. The van der Waals surface area contributed by atoms with Crippen molar-refractivity contribution in [1.82, 2.24) is 9.47 Å². The second-order valence-electron chi connectivity index (χ2n) is 6.60. The largest absolute Gasteiger partial charge is 0.395 e. The zero-order valence-corrected chi connectivity index (χ0v) is 14.7. The third kappa shape index (κ3) is 2.89. The van der Waals surface area contributed by atoms with Gasteiger partial charge in [-0.1, -0.05) is 36.4 Å². The van der Waals surface area contributed by atoms with Gasteiger partial charge in [0.05, 0.1) is 17.7 Å². The number of aldehydes is 1. The molecule has 0 saturated carbocycles. The molecule has 0 unspecified atom stereocenters. The maximum absolute atomic E-state index is 12.0. The van der Waals surface area contributed by atoms with E-state index in [0.717, 1.165) is 60.4 Å². The van der Waals surface area contributed by atoms with Crippen molar-refractivity contribution >= 4 is 23.0 Å². The van der Waals surface area contributed by atoms with Gasteiger partial charge in [-0.25, -0.2) is 0 Å². The Kier molecular flexibility index (Phi) is 4.73. The first-order valence-electron chi connectivity index (χ1n) is 9.05. The fourth-order valence-electron chi connectivity index (χ4n) is 3.84. The summed E-state index contributed by atoms with van der Waals surface area (Å²) in [5.74, 6) is 0.969. The lowest BCUT2D eigenvalue weighted by atomic mass is 10.1. The number of rotatable bonds is 5. The van der Waals surface area contributed by atoms with Crippen LogP contribution < -0.4 is 4.90 Å². The molecule has 134 valence electrons. The van der Waals surface area contributed by atoms with Crippen molar-refractivity contribution in [2.45, 2.75) is 0 Å². The predicted octanol–water partition coefficient (Wildman–Crippen LogP) is 2.56. The van der Waals surface area contributed by atoms with Gasteiger partial charge in [0.15, 0.2) is 6.29 Å². The van der Waals surface area contributed by atoms with E-state index in [2.05, 4.69) is 32.6 Å². The van der Waals surface area contributed by atoms with Gasteiger partial charge in [0.2, 0.25) is 0 Å². The Morgan fingerprint density at radius 1 is 0.923 bits per heavy atom. The molecule has 0 spiro atoms. The zero-order valence-electron chi connectivity index (χ0n) is 14.7. The monoisotopic (exact) mass is 349 g/mol. The van der Waals surface area contributed by atoms with Crippen molar-refractivity contribution in [3.8, 4) is 5.69 Å². The first kappa shape index (κ1) is 16.8. The van der Waals surface area contributed by atoms with Gasteiger partial charge in [0.1, 0.15) is 5.82 Å². The number of anilines is 1. The summed E-state index contributed by atoms with van der Waals surface area (Å²) < 4.78 is 2.20. The van der Waals surface area contributed by atoms with E-state index in [1.165, 1.54) is 0 Å². The zero-order chi connectivity index (χ0) is 17.9. The Balaban J connectivity index is 1.84. The number of carbonyl (C=O) groups is 1. The summed E-state index contributed by atoms with van der Waals surface area (Å²) in [5, 5.41) is 10.2. The lowest BCUT2D eigenvalue weighted by Gasteiger charge is -2.36. The van der Waals surface area contributed by atoms with Crippen molar-refractivity contribution in [2.75, 3.05) is 44.2 Å². The van der Waals surface area contributed by atoms with Gasteiger partial charge >= 0.3 is 0 Å². The summed E-state index contributed by atoms with van der Waals surface area (Å²) >= 11 is 0. The SMILES string of the molecule is O=Cc1c(N2CCN(CCO)CC2)n(-c2ccccc2)c2ccccc12. The molecule has 0 bridgehead atoms. The third-order valence-corrected chi connectivity index (χ3v) is 5.11. The number of aliphatic hydroxyl groups excluding tert-OH is 1. The fraction of sp³-hybridized carbons (Fsp3) is 0.286. The van der Waals surface area contributed by atoms with Gasteiger partial charge in [-0.15, -0.1) is 0 Å². The minimum atomic E-state index is 0.184. The average molecular weight is 349 g/mol. The number of para-hydroxylation sites is 2. The van der Waals surface area contributed by atoms with Crippen LogP contribution in [0.1, 0.15) is 10.4 Å². The van der Waals surface area contributed by atoms with Crippen LogP contribution in [0.2, 0.25) is 0 Å². The smallest absolute Gasteiger partial charge is 0.154 e. The highest BCUT2D eigenvalue weighted by molar-refractivity contribution is 6.05. The molecule has 0 radical (unpaired) electrons. The number of piperazine rings is 1. The van der Waals surface area contributed by atoms with Gasteiger partial charge in [-0.3, -0.25) is 14.3 Å². The minimum Gasteiger partial charge on any atom is -0.395 e. The molecule has 0 amide bonds. The average Bonchev–Trinajstić information content (AvgIpc) is 3.04. The molecule has 4 rings (SSSR count). The number of β-amino-alcohol motifs (C(OH)–C–C–N with tert-alkyl or cyclic N) is 1. The summed E-state index contributed by atoms with van der Waals surface area (Å²) in [6, 6.07) is 18.3. The van der Waals surface area contributed by atoms with E-state index >= 15 is 0 Å². The van der Waals surface area contributed by atoms with E-state index in [9.17, 15) is 4.79 Å². The van der Waals surface area contributed by atoms with Crippen LogP contribution in [-0.4, -0.2) is 60.2 Å². The van der Waals surface area contributed by atoms with Crippen molar-refractivity contribution in [3.63, 3.8) is 0 Å². The van der Waals surface area contributed by atoms with Crippen LogP contribution in [0.3, 0.4) is 0 Å². The molecule has 26 heavy (non-hydrogen) atoms. The number of carbonyl (C=O) groups excluding carboxylic acids is 1. The number of aromatic nitrogens is 1. The van der Waals surface area contributed by atoms with Crippen molar-refractivity contribution in [1.29, 1.82) is 0 Å². The number of hydrogen-bond acceptors (Lipinski definition) is 4. The predicted molar refractivity (Wildman–Crippen MR) is 104 cm³/mol. The molecular formula is C21H23N3O2. The fourth-order valence-corrected chi connectivity index (χ4v) is 3.84. The Bertz CT molecular complexity index is 896. The van der Waals surface area contributed by atoms with Gasteiger partial charge in [-0.05, 0) is 18.2 Å². The number of fused-ring (bicyclic) bond motifs is 1. The Morgan fingerprint density at radius 2 is 1.62 bits per heavy atom. The number of nitrogens with zero attached hydrogens (tertiary/aromatic N) is 3. The molecule has 5 heteroatoms. The summed E-state index contributed by atoms with van der Waals surface area (Å²) in [5.41, 5.74) is 2.86. The van der Waals surface area contributed by atoms with E-state index in [4.69, 9.17) is 5.11 Å². The van der Waals surface area contributed by atoms with Crippen LogP contribution in [0.4, 0.5) is 5.82 Å². The molecule has 1 aliphatic heterocycles. The van der Waals surface area contributed by atoms with E-state index < -0.39 is 0 Å². The number of hydrogen-bond donors (Lipinski definition) is 1. The van der Waals surface area contributed by atoms with Crippen molar-refractivity contribution < 1.29 is 9.90 Å². The molecular weight excluding hydrogens is 326 g/mol. The molecule has 1 fully saturated rings. The molecule has 1 aromatic heterocycles. The molecule has 0 atom stereocenters. The van der Waals surface area contributed by atoms with Crippen LogP contribution in [0.5, 0.6) is 0 Å². The Hall–Kier alpha value is -2.63. The van der Waals surface area contributed by atoms with E-state index in [0.29, 0.717) is 6.54 Å². The van der Waals surface area contributed by atoms with Gasteiger partial charge in [0.25, 0.3) is 0 Å². The molecule has 2 heterocycles. The van der Waals surface area contributed by atoms with Crippen LogP contribution in [0.25, 0.3) is 16.6 Å². The molecule has 2 aromatic carbocycles. The Labute approximate surface area is 153 Å². The molecule has 0 aliphatic carbocycles. The van der Waals surface area contributed by atoms with Crippen molar-refractivity contribution in [2.24, 2.45) is 0 Å². The molecule has 1 aliphatic rings.